The van der Waals surface area contributed by atoms with E-state index in [9.17, 15) is 18.6 Å². The quantitative estimate of drug-likeness (QED) is 0.349. The molecule has 0 heterocycles. The van der Waals surface area contributed by atoms with E-state index in [4.69, 9.17) is 4.55 Å². The Morgan fingerprint density at radius 3 is 1.97 bits per heavy atom. The van der Waals surface area contributed by atoms with Crippen molar-refractivity contribution in [1.29, 1.82) is 0 Å². The van der Waals surface area contributed by atoms with E-state index in [1.165, 1.54) is 36.4 Å². The van der Waals surface area contributed by atoms with E-state index in [0.29, 0.717) is 11.4 Å². The van der Waals surface area contributed by atoms with E-state index in [1.807, 2.05) is 26.0 Å². The van der Waals surface area contributed by atoms with E-state index < -0.39 is 10.1 Å². The first-order chi connectivity index (χ1) is 14.1. The van der Waals surface area contributed by atoms with Gasteiger partial charge in [-0.3, -0.25) is 4.55 Å². The number of azo groups is 2. The monoisotopic (exact) mass is 426 g/mol. The van der Waals surface area contributed by atoms with Crippen molar-refractivity contribution >= 4 is 32.9 Å². The molecule has 3 aromatic rings. The Morgan fingerprint density at radius 2 is 1.37 bits per heavy atom. The Kier molecular flexibility index (Phi) is 5.90. The third-order valence-corrected chi connectivity index (χ3v) is 5.17. The van der Waals surface area contributed by atoms with Crippen LogP contribution in [-0.2, 0) is 10.1 Å². The molecule has 0 spiro atoms. The lowest BCUT2D eigenvalue weighted by Crippen LogP contribution is -1.96. The van der Waals surface area contributed by atoms with Gasteiger partial charge in [0.25, 0.3) is 10.1 Å². The summed E-state index contributed by atoms with van der Waals surface area (Å²) in [4.78, 5) is -0.268. The predicted molar refractivity (Wildman–Crippen MR) is 110 cm³/mol. The molecule has 0 unspecified atom stereocenters. The molecule has 9 nitrogen and oxygen atoms in total. The maximum Gasteiger partial charge on any atom is 0.294 e. The minimum absolute atomic E-state index is 0.104. The van der Waals surface area contributed by atoms with Crippen LogP contribution in [0.2, 0.25) is 0 Å². The fourth-order valence-electron chi connectivity index (χ4n) is 2.50. The summed E-state index contributed by atoms with van der Waals surface area (Å²) in [6.07, 6.45) is 0. The van der Waals surface area contributed by atoms with E-state index in [-0.39, 0.29) is 27.8 Å². The number of nitrogens with zero attached hydrogens (tertiary/aromatic N) is 4. The second-order valence-electron chi connectivity index (χ2n) is 6.42. The first-order valence-electron chi connectivity index (χ1n) is 8.68. The summed E-state index contributed by atoms with van der Waals surface area (Å²) >= 11 is 0. The molecule has 3 N–H and O–H groups in total. The molecular weight excluding hydrogens is 408 g/mol. The largest absolute Gasteiger partial charge is 0.505 e. The molecule has 3 aromatic carbocycles. The number of rotatable bonds is 5. The van der Waals surface area contributed by atoms with Crippen LogP contribution in [0.25, 0.3) is 0 Å². The van der Waals surface area contributed by atoms with E-state index in [1.54, 1.807) is 6.07 Å². The van der Waals surface area contributed by atoms with E-state index in [2.05, 4.69) is 20.5 Å². The normalized spacial score (nSPS) is 12.1. The molecule has 0 saturated heterocycles. The molecule has 0 saturated carbocycles. The number of aromatic hydroxyl groups is 2. The number of aryl methyl sites for hydroxylation is 1. The Labute approximate surface area is 172 Å². The second kappa shape index (κ2) is 8.39. The van der Waals surface area contributed by atoms with Gasteiger partial charge in [0.15, 0.2) is 5.69 Å². The van der Waals surface area contributed by atoms with Gasteiger partial charge >= 0.3 is 0 Å². The molecule has 0 atom stereocenters. The summed E-state index contributed by atoms with van der Waals surface area (Å²) < 4.78 is 31.0. The molecule has 0 aromatic heterocycles. The lowest BCUT2D eigenvalue weighted by Gasteiger charge is -2.04. The lowest BCUT2D eigenvalue weighted by molar-refractivity contribution is 0.453. The average Bonchev–Trinajstić information content (AvgIpc) is 2.68. The molecule has 0 radical (unpaired) electrons. The van der Waals surface area contributed by atoms with Gasteiger partial charge in [0.2, 0.25) is 0 Å². The Hall–Kier alpha value is -3.63. The second-order valence-corrected chi connectivity index (χ2v) is 7.84. The number of hydrogen-bond donors (Lipinski definition) is 3. The van der Waals surface area contributed by atoms with Crippen LogP contribution in [0.3, 0.4) is 0 Å². The maximum atomic E-state index is 11.0. The molecule has 0 amide bonds. The standard InChI is InChI=1S/C20H18N4O5S/c1-12-4-3-5-17(13(12)2)23-24-20-18(25)10-15(11-19(20)26)22-21-14-6-8-16(9-7-14)30(27,28)29/h3-11,25-26H,1-2H3,(H,27,28,29). The molecule has 154 valence electrons. The smallest absolute Gasteiger partial charge is 0.294 e. The van der Waals surface area contributed by atoms with Crippen molar-refractivity contribution in [1.82, 2.24) is 0 Å². The maximum absolute atomic E-state index is 11.0. The Balaban J connectivity index is 1.83. The summed E-state index contributed by atoms with van der Waals surface area (Å²) in [5.74, 6) is -0.667. The van der Waals surface area contributed by atoms with E-state index in [0.717, 1.165) is 11.1 Å². The van der Waals surface area contributed by atoms with E-state index >= 15 is 0 Å². The van der Waals surface area contributed by atoms with Gasteiger partial charge in [-0.05, 0) is 55.3 Å². The molecule has 30 heavy (non-hydrogen) atoms. The van der Waals surface area contributed by atoms with Crippen molar-refractivity contribution in [3.63, 3.8) is 0 Å². The third-order valence-electron chi connectivity index (χ3n) is 4.30. The third kappa shape index (κ3) is 4.85. The summed E-state index contributed by atoms with van der Waals surface area (Å²) in [5, 5.41) is 36.2. The summed E-state index contributed by atoms with van der Waals surface area (Å²) in [7, 11) is -4.29. The molecule has 0 fully saturated rings. The summed E-state index contributed by atoms with van der Waals surface area (Å²) in [6.45, 7) is 3.84. The number of phenols is 2. The number of hydrogen-bond acceptors (Lipinski definition) is 8. The highest BCUT2D eigenvalue weighted by atomic mass is 32.2. The van der Waals surface area contributed by atoms with Crippen molar-refractivity contribution in [2.45, 2.75) is 18.7 Å². The highest BCUT2D eigenvalue weighted by Crippen LogP contribution is 2.41. The molecule has 0 bridgehead atoms. The van der Waals surface area contributed by atoms with Gasteiger partial charge < -0.3 is 10.2 Å². The first-order valence-corrected chi connectivity index (χ1v) is 10.1. The first kappa shape index (κ1) is 21.1. The van der Waals surface area contributed by atoms with Gasteiger partial charge in [0.05, 0.1) is 22.0 Å². The van der Waals surface area contributed by atoms with Crippen LogP contribution in [0.4, 0.5) is 22.7 Å². The summed E-state index contributed by atoms with van der Waals surface area (Å²) in [6, 6.07) is 13.1. The van der Waals surface area contributed by atoms with Gasteiger partial charge in [0.1, 0.15) is 11.5 Å². The molecule has 3 rings (SSSR count). The Bertz CT molecular complexity index is 1230. The van der Waals surface area contributed by atoms with Crippen molar-refractivity contribution < 1.29 is 23.2 Å². The highest BCUT2D eigenvalue weighted by Gasteiger charge is 2.11. The summed E-state index contributed by atoms with van der Waals surface area (Å²) in [5.41, 5.74) is 2.94. The zero-order valence-corrected chi connectivity index (χ0v) is 16.9. The SMILES string of the molecule is Cc1cccc(N=Nc2c(O)cc(N=Nc3ccc(S(=O)(=O)O)cc3)cc2O)c1C. The minimum atomic E-state index is -4.29. The van der Waals surface area contributed by atoms with Gasteiger partial charge in [0, 0.05) is 12.1 Å². The van der Waals surface area contributed by atoms with Crippen molar-refractivity contribution in [3.8, 4) is 11.5 Å². The number of phenolic OH excluding ortho intramolecular Hbond substituents is 2. The molecule has 0 aliphatic carbocycles. The fraction of sp³-hybridized carbons (Fsp3) is 0.100. The minimum Gasteiger partial charge on any atom is -0.505 e. The van der Waals surface area contributed by atoms with Gasteiger partial charge in [-0.15, -0.1) is 5.11 Å². The van der Waals surface area contributed by atoms with Crippen molar-refractivity contribution in [2.75, 3.05) is 0 Å². The number of benzene rings is 3. The van der Waals surface area contributed by atoms with Crippen LogP contribution in [0.5, 0.6) is 11.5 Å². The molecule has 10 heteroatoms. The lowest BCUT2D eigenvalue weighted by atomic mass is 10.1. The van der Waals surface area contributed by atoms with Crippen molar-refractivity contribution in [3.05, 3.63) is 65.7 Å². The van der Waals surface area contributed by atoms with Crippen LogP contribution in [0.15, 0.2) is 79.9 Å². The van der Waals surface area contributed by atoms with Crippen LogP contribution >= 0.6 is 0 Å². The van der Waals surface area contributed by atoms with Crippen molar-refractivity contribution in [2.24, 2.45) is 20.5 Å². The molecule has 0 aliphatic heterocycles. The predicted octanol–water partition coefficient (Wildman–Crippen LogP) is 5.79. The van der Waals surface area contributed by atoms with Gasteiger partial charge in [-0.2, -0.15) is 23.8 Å². The van der Waals surface area contributed by atoms with Crippen LogP contribution in [0.1, 0.15) is 11.1 Å². The van der Waals surface area contributed by atoms with Crippen LogP contribution in [0, 0.1) is 13.8 Å². The highest BCUT2D eigenvalue weighted by molar-refractivity contribution is 7.85. The average molecular weight is 426 g/mol. The van der Waals surface area contributed by atoms with Crippen LogP contribution < -0.4 is 0 Å². The van der Waals surface area contributed by atoms with Crippen LogP contribution in [-0.4, -0.2) is 23.2 Å². The molecule has 0 aliphatic rings. The fourth-order valence-corrected chi connectivity index (χ4v) is 2.98. The zero-order chi connectivity index (χ0) is 21.9. The zero-order valence-electron chi connectivity index (χ0n) is 16.1. The van der Waals surface area contributed by atoms with Gasteiger partial charge in [-0.25, -0.2) is 0 Å². The Morgan fingerprint density at radius 1 is 0.767 bits per heavy atom. The molecular formula is C20H18N4O5S. The topological polar surface area (TPSA) is 144 Å². The van der Waals surface area contributed by atoms with Gasteiger partial charge in [-0.1, -0.05) is 12.1 Å².